The molecule has 0 aliphatic rings. The fraction of sp³-hybridized carbons (Fsp3) is 0.167. The predicted molar refractivity (Wildman–Crippen MR) is 104 cm³/mol. The predicted octanol–water partition coefficient (Wildman–Crippen LogP) is 4.01. The molecule has 9 heteroatoms. The molecule has 0 bridgehead atoms. The third kappa shape index (κ3) is 4.40. The monoisotopic (exact) mass is 406 g/mol. The van der Waals surface area contributed by atoms with Crippen LogP contribution in [0.1, 0.15) is 0 Å². The summed E-state index contributed by atoms with van der Waals surface area (Å²) in [6, 6.07) is 11.3. The Morgan fingerprint density at radius 3 is 2.78 bits per heavy atom. The van der Waals surface area contributed by atoms with Crippen LogP contribution in [-0.2, 0) is 11.8 Å². The highest BCUT2D eigenvalue weighted by atomic mass is 35.5. The number of benzene rings is 2. The Morgan fingerprint density at radius 1 is 1.30 bits per heavy atom. The number of hydrogen-bond acceptors (Lipinski definition) is 5. The molecular formula is C18H16ClFN4O2S. The molecule has 0 saturated carbocycles. The second-order valence-electron chi connectivity index (χ2n) is 5.53. The van der Waals surface area contributed by atoms with Gasteiger partial charge in [-0.05, 0) is 30.3 Å². The van der Waals surface area contributed by atoms with Crippen molar-refractivity contribution >= 4 is 35.0 Å². The molecule has 0 saturated heterocycles. The second-order valence-corrected chi connectivity index (χ2v) is 6.88. The highest BCUT2D eigenvalue weighted by Gasteiger charge is 2.15. The molecule has 0 aliphatic heterocycles. The number of aromatic nitrogens is 3. The van der Waals surface area contributed by atoms with E-state index in [9.17, 15) is 9.18 Å². The molecule has 1 amide bonds. The van der Waals surface area contributed by atoms with Gasteiger partial charge < -0.3 is 14.6 Å². The van der Waals surface area contributed by atoms with Crippen LogP contribution in [-0.4, -0.2) is 33.5 Å². The molecule has 1 N–H and O–H groups in total. The molecular weight excluding hydrogens is 391 g/mol. The maximum atomic E-state index is 13.9. The van der Waals surface area contributed by atoms with Crippen LogP contribution in [0.2, 0.25) is 5.02 Å². The minimum atomic E-state index is -0.376. The number of rotatable bonds is 6. The molecule has 0 aliphatic carbocycles. The Morgan fingerprint density at radius 2 is 2.07 bits per heavy atom. The van der Waals surface area contributed by atoms with Crippen molar-refractivity contribution in [3.8, 4) is 17.1 Å². The van der Waals surface area contributed by atoms with Crippen LogP contribution in [0.4, 0.5) is 10.1 Å². The number of thioether (sulfide) groups is 1. The lowest BCUT2D eigenvalue weighted by molar-refractivity contribution is -0.113. The van der Waals surface area contributed by atoms with E-state index in [1.165, 1.54) is 24.9 Å². The molecule has 1 aromatic heterocycles. The average molecular weight is 407 g/mol. The molecule has 0 unspecified atom stereocenters. The van der Waals surface area contributed by atoms with E-state index in [0.717, 1.165) is 0 Å². The van der Waals surface area contributed by atoms with Gasteiger partial charge in [0.25, 0.3) is 0 Å². The Kier molecular flexibility index (Phi) is 5.98. The third-order valence-electron chi connectivity index (χ3n) is 3.72. The normalized spacial score (nSPS) is 10.7. The zero-order valence-electron chi connectivity index (χ0n) is 14.6. The Labute approximate surface area is 164 Å². The van der Waals surface area contributed by atoms with E-state index in [0.29, 0.717) is 33.0 Å². The average Bonchev–Trinajstić information content (AvgIpc) is 3.01. The fourth-order valence-electron chi connectivity index (χ4n) is 2.39. The van der Waals surface area contributed by atoms with Gasteiger partial charge in [0.1, 0.15) is 11.6 Å². The van der Waals surface area contributed by atoms with Crippen LogP contribution in [0.3, 0.4) is 0 Å². The van der Waals surface area contributed by atoms with E-state index in [1.54, 1.807) is 48.0 Å². The van der Waals surface area contributed by atoms with Crippen molar-refractivity contribution in [1.29, 1.82) is 0 Å². The van der Waals surface area contributed by atoms with Gasteiger partial charge in [0.2, 0.25) is 5.91 Å². The van der Waals surface area contributed by atoms with Crippen LogP contribution in [0.5, 0.6) is 5.75 Å². The molecule has 6 nitrogen and oxygen atoms in total. The van der Waals surface area contributed by atoms with Crippen LogP contribution in [0.25, 0.3) is 11.4 Å². The number of nitrogens with zero attached hydrogens (tertiary/aromatic N) is 3. The van der Waals surface area contributed by atoms with Gasteiger partial charge in [-0.3, -0.25) is 4.79 Å². The first-order chi connectivity index (χ1) is 13.0. The Balaban J connectivity index is 1.64. The van der Waals surface area contributed by atoms with Gasteiger partial charge in [0, 0.05) is 12.7 Å². The third-order valence-corrected chi connectivity index (χ3v) is 5.03. The lowest BCUT2D eigenvalue weighted by atomic mass is 10.2. The smallest absolute Gasteiger partial charge is 0.234 e. The summed E-state index contributed by atoms with van der Waals surface area (Å²) in [5.41, 5.74) is 0.924. The molecule has 27 heavy (non-hydrogen) atoms. The number of nitrogens with one attached hydrogen (secondary N) is 1. The molecule has 1 heterocycles. The number of ether oxygens (including phenoxy) is 1. The highest BCUT2D eigenvalue weighted by Crippen LogP contribution is 2.28. The number of carbonyl (C=O) groups is 1. The lowest BCUT2D eigenvalue weighted by Crippen LogP contribution is -2.14. The van der Waals surface area contributed by atoms with Crippen molar-refractivity contribution in [1.82, 2.24) is 14.8 Å². The first-order valence-corrected chi connectivity index (χ1v) is 9.26. The van der Waals surface area contributed by atoms with Crippen LogP contribution >= 0.6 is 23.4 Å². The number of amides is 1. The number of anilines is 1. The minimum absolute atomic E-state index is 0.118. The van der Waals surface area contributed by atoms with Crippen molar-refractivity contribution in [3.05, 3.63) is 53.3 Å². The molecule has 2 aromatic carbocycles. The number of hydrogen-bond donors (Lipinski definition) is 1. The minimum Gasteiger partial charge on any atom is -0.495 e. The summed E-state index contributed by atoms with van der Waals surface area (Å²) in [7, 11) is 3.25. The van der Waals surface area contributed by atoms with Gasteiger partial charge in [-0.25, -0.2) is 4.39 Å². The summed E-state index contributed by atoms with van der Waals surface area (Å²) in [4.78, 5) is 12.2. The Hall–Kier alpha value is -2.58. The van der Waals surface area contributed by atoms with E-state index in [1.807, 2.05) is 0 Å². The van der Waals surface area contributed by atoms with Gasteiger partial charge in [0.05, 0.1) is 23.4 Å². The van der Waals surface area contributed by atoms with E-state index >= 15 is 0 Å². The van der Waals surface area contributed by atoms with E-state index in [2.05, 4.69) is 15.5 Å². The molecule has 0 radical (unpaired) electrons. The van der Waals surface area contributed by atoms with Crippen LogP contribution in [0.15, 0.2) is 47.6 Å². The SMILES string of the molecule is COc1ccc(NC(=O)CSc2nnc(-c3ccccc3F)n2C)cc1Cl. The van der Waals surface area contributed by atoms with Crippen molar-refractivity contribution in [3.63, 3.8) is 0 Å². The van der Waals surface area contributed by atoms with Gasteiger partial charge in [-0.15, -0.1) is 10.2 Å². The van der Waals surface area contributed by atoms with E-state index in [-0.39, 0.29) is 17.5 Å². The van der Waals surface area contributed by atoms with Gasteiger partial charge in [-0.1, -0.05) is 35.5 Å². The number of carbonyl (C=O) groups excluding carboxylic acids is 1. The summed E-state index contributed by atoms with van der Waals surface area (Å²) in [5.74, 6) is 0.449. The zero-order valence-corrected chi connectivity index (χ0v) is 16.1. The lowest BCUT2D eigenvalue weighted by Gasteiger charge is -2.08. The fourth-order valence-corrected chi connectivity index (χ4v) is 3.36. The highest BCUT2D eigenvalue weighted by molar-refractivity contribution is 7.99. The standard InChI is InChI=1S/C18H16ClFN4O2S/c1-24-17(12-5-3-4-6-14(12)20)22-23-18(24)27-10-16(25)21-11-7-8-15(26-2)13(19)9-11/h3-9H,10H2,1-2H3,(H,21,25). The summed E-state index contributed by atoms with van der Waals surface area (Å²) in [6.07, 6.45) is 0. The molecule has 3 aromatic rings. The van der Waals surface area contributed by atoms with Crippen molar-refractivity contribution in [2.24, 2.45) is 7.05 Å². The molecule has 140 valence electrons. The second kappa shape index (κ2) is 8.41. The first kappa shape index (κ1) is 19.2. The van der Waals surface area contributed by atoms with E-state index < -0.39 is 0 Å². The van der Waals surface area contributed by atoms with Gasteiger partial charge in [-0.2, -0.15) is 0 Å². The van der Waals surface area contributed by atoms with Crippen molar-refractivity contribution in [2.45, 2.75) is 5.16 Å². The maximum absolute atomic E-state index is 13.9. The summed E-state index contributed by atoms with van der Waals surface area (Å²) in [6.45, 7) is 0. The van der Waals surface area contributed by atoms with Crippen LogP contribution in [0, 0.1) is 5.82 Å². The van der Waals surface area contributed by atoms with Crippen molar-refractivity contribution in [2.75, 3.05) is 18.2 Å². The summed E-state index contributed by atoms with van der Waals surface area (Å²) < 4.78 is 20.7. The molecule has 3 rings (SSSR count). The quantitative estimate of drug-likeness (QED) is 0.626. The molecule has 0 spiro atoms. The summed E-state index contributed by atoms with van der Waals surface area (Å²) >= 11 is 7.25. The maximum Gasteiger partial charge on any atom is 0.234 e. The number of halogens is 2. The number of methoxy groups -OCH3 is 1. The van der Waals surface area contributed by atoms with Gasteiger partial charge in [0.15, 0.2) is 11.0 Å². The van der Waals surface area contributed by atoms with Crippen molar-refractivity contribution < 1.29 is 13.9 Å². The molecule has 0 atom stereocenters. The van der Waals surface area contributed by atoms with E-state index in [4.69, 9.17) is 16.3 Å². The molecule has 0 fully saturated rings. The Bertz CT molecular complexity index is 980. The summed E-state index contributed by atoms with van der Waals surface area (Å²) in [5, 5.41) is 11.7. The first-order valence-electron chi connectivity index (χ1n) is 7.90. The topological polar surface area (TPSA) is 69.0 Å². The van der Waals surface area contributed by atoms with Crippen LogP contribution < -0.4 is 10.1 Å². The largest absolute Gasteiger partial charge is 0.495 e. The van der Waals surface area contributed by atoms with Gasteiger partial charge >= 0.3 is 0 Å². The zero-order chi connectivity index (χ0) is 19.4.